The van der Waals surface area contributed by atoms with Crippen LogP contribution in [0.5, 0.6) is 0 Å². The lowest BCUT2D eigenvalue weighted by atomic mass is 9.73. The summed E-state index contributed by atoms with van der Waals surface area (Å²) in [5.41, 5.74) is 4.40. The minimum Gasteiger partial charge on any atom is -0.388 e. The Morgan fingerprint density at radius 1 is 1.17 bits per heavy atom. The van der Waals surface area contributed by atoms with Gasteiger partial charge in [0.15, 0.2) is 0 Å². The lowest BCUT2D eigenvalue weighted by Gasteiger charge is -2.35. The van der Waals surface area contributed by atoms with Crippen molar-refractivity contribution in [1.29, 1.82) is 0 Å². The highest BCUT2D eigenvalue weighted by Crippen LogP contribution is 2.35. The summed E-state index contributed by atoms with van der Waals surface area (Å²) >= 11 is 0. The van der Waals surface area contributed by atoms with Crippen molar-refractivity contribution < 1.29 is 0 Å². The van der Waals surface area contributed by atoms with Gasteiger partial charge in [0.2, 0.25) is 0 Å². The van der Waals surface area contributed by atoms with Crippen LogP contribution in [0.3, 0.4) is 0 Å². The van der Waals surface area contributed by atoms with Gasteiger partial charge in [0.25, 0.3) is 0 Å². The van der Waals surface area contributed by atoms with Crippen LogP contribution < -0.4 is 5.32 Å². The van der Waals surface area contributed by atoms with E-state index in [1.54, 1.807) is 0 Å². The molecule has 1 nitrogen and oxygen atoms in total. The van der Waals surface area contributed by atoms with E-state index >= 15 is 0 Å². The van der Waals surface area contributed by atoms with E-state index in [-0.39, 0.29) is 0 Å². The Kier molecular flexibility index (Phi) is 6.32. The van der Waals surface area contributed by atoms with E-state index in [1.165, 1.54) is 23.3 Å². The van der Waals surface area contributed by atoms with Crippen LogP contribution in [0.2, 0.25) is 0 Å². The van der Waals surface area contributed by atoms with Gasteiger partial charge in [0.05, 0.1) is 0 Å². The maximum Gasteiger partial charge on any atom is 0.0174 e. The van der Waals surface area contributed by atoms with Gasteiger partial charge < -0.3 is 5.32 Å². The summed E-state index contributed by atoms with van der Waals surface area (Å²) < 4.78 is 0. The van der Waals surface area contributed by atoms with Crippen molar-refractivity contribution in [2.45, 2.75) is 59.8 Å². The van der Waals surface area contributed by atoms with E-state index in [4.69, 9.17) is 0 Å². The smallest absolute Gasteiger partial charge is 0.0174 e. The van der Waals surface area contributed by atoms with Gasteiger partial charge in [-0.25, -0.2) is 0 Å². The molecule has 0 spiro atoms. The van der Waals surface area contributed by atoms with Crippen LogP contribution in [0.1, 0.15) is 65.4 Å². The van der Waals surface area contributed by atoms with Gasteiger partial charge in [-0.3, -0.25) is 0 Å². The molecule has 0 aromatic heterocycles. The van der Waals surface area contributed by atoms with Crippen molar-refractivity contribution in [2.24, 2.45) is 17.3 Å². The summed E-state index contributed by atoms with van der Waals surface area (Å²) in [6, 6.07) is 10.9. The second-order valence-electron chi connectivity index (χ2n) is 8.55. The van der Waals surface area contributed by atoms with Crippen LogP contribution >= 0.6 is 0 Å². The first-order chi connectivity index (χ1) is 11.3. The summed E-state index contributed by atoms with van der Waals surface area (Å²) in [6.07, 6.45) is 5.67. The molecule has 2 rings (SSSR count). The third-order valence-electron chi connectivity index (χ3n) is 5.81. The third-order valence-corrected chi connectivity index (χ3v) is 5.81. The first kappa shape index (κ1) is 18.8. The van der Waals surface area contributed by atoms with Crippen LogP contribution in [0.25, 0.3) is 0 Å². The molecule has 0 heterocycles. The van der Waals surface area contributed by atoms with Gasteiger partial charge in [-0.1, -0.05) is 83.5 Å². The predicted octanol–water partition coefficient (Wildman–Crippen LogP) is 6.30. The molecule has 0 aliphatic heterocycles. The van der Waals surface area contributed by atoms with Crippen LogP contribution in [0.4, 0.5) is 0 Å². The molecule has 1 aliphatic carbocycles. The standard InChI is InChI=1S/C23H35N/c1-7-19(18(3)23(4,5)6)16-24-22-14-17(2)13-21(15-22)20-11-9-8-10-12-20/h8-12,14,18-19,21,24H,2,7,13,15-16H2,1,3-6H3. The molecule has 24 heavy (non-hydrogen) atoms. The van der Waals surface area contributed by atoms with Gasteiger partial charge >= 0.3 is 0 Å². The van der Waals surface area contributed by atoms with Crippen molar-refractivity contribution in [1.82, 2.24) is 5.32 Å². The van der Waals surface area contributed by atoms with Crippen LogP contribution in [-0.4, -0.2) is 6.54 Å². The Balaban J connectivity index is 2.00. The number of rotatable bonds is 6. The second kappa shape index (κ2) is 8.05. The Morgan fingerprint density at radius 2 is 1.83 bits per heavy atom. The average molecular weight is 326 g/mol. The summed E-state index contributed by atoms with van der Waals surface area (Å²) in [7, 11) is 0. The zero-order valence-electron chi connectivity index (χ0n) is 16.2. The average Bonchev–Trinajstić information content (AvgIpc) is 2.54. The minimum absolute atomic E-state index is 0.361. The quantitative estimate of drug-likeness (QED) is 0.647. The number of nitrogens with one attached hydrogen (secondary N) is 1. The van der Waals surface area contributed by atoms with Crippen molar-refractivity contribution in [2.75, 3.05) is 6.54 Å². The summed E-state index contributed by atoms with van der Waals surface area (Å²) in [6.45, 7) is 17.1. The van der Waals surface area contributed by atoms with Crippen molar-refractivity contribution in [3.05, 3.63) is 59.8 Å². The fraction of sp³-hybridized carbons (Fsp3) is 0.565. The third kappa shape index (κ3) is 5.00. The highest BCUT2D eigenvalue weighted by molar-refractivity contribution is 5.32. The number of hydrogen-bond donors (Lipinski definition) is 1. The van der Waals surface area contributed by atoms with Crippen LogP contribution in [-0.2, 0) is 0 Å². The molecule has 1 aromatic rings. The summed E-state index contributed by atoms with van der Waals surface area (Å²) in [5.74, 6) is 1.97. The number of allylic oxidation sites excluding steroid dienone is 3. The van der Waals surface area contributed by atoms with Crippen LogP contribution in [0, 0.1) is 17.3 Å². The molecule has 1 aromatic carbocycles. The zero-order chi connectivity index (χ0) is 17.7. The fourth-order valence-corrected chi connectivity index (χ4v) is 3.75. The normalized spacial score (nSPS) is 21.1. The molecule has 3 atom stereocenters. The van der Waals surface area contributed by atoms with Gasteiger partial charge in [0.1, 0.15) is 0 Å². The van der Waals surface area contributed by atoms with E-state index in [0.717, 1.165) is 19.4 Å². The Labute approximate surface area is 149 Å². The minimum atomic E-state index is 0.361. The maximum absolute atomic E-state index is 4.25. The predicted molar refractivity (Wildman–Crippen MR) is 106 cm³/mol. The highest BCUT2D eigenvalue weighted by atomic mass is 14.9. The fourth-order valence-electron chi connectivity index (χ4n) is 3.75. The summed E-state index contributed by atoms with van der Waals surface area (Å²) in [5, 5.41) is 3.76. The van der Waals surface area contributed by atoms with Gasteiger partial charge in [-0.15, -0.1) is 0 Å². The molecule has 1 heteroatoms. The van der Waals surface area contributed by atoms with E-state index in [9.17, 15) is 0 Å². The molecule has 1 N–H and O–H groups in total. The second-order valence-corrected chi connectivity index (χ2v) is 8.55. The van der Waals surface area contributed by atoms with Crippen molar-refractivity contribution >= 4 is 0 Å². The first-order valence-corrected chi connectivity index (χ1v) is 9.48. The van der Waals surface area contributed by atoms with Crippen molar-refractivity contribution in [3.63, 3.8) is 0 Å². The molecular weight excluding hydrogens is 290 g/mol. The molecule has 3 unspecified atom stereocenters. The summed E-state index contributed by atoms with van der Waals surface area (Å²) in [4.78, 5) is 0. The van der Waals surface area contributed by atoms with E-state index in [1.807, 2.05) is 0 Å². The number of hydrogen-bond acceptors (Lipinski definition) is 1. The van der Waals surface area contributed by atoms with Gasteiger partial charge in [-0.2, -0.15) is 0 Å². The Hall–Kier alpha value is -1.50. The van der Waals surface area contributed by atoms with E-state index in [0.29, 0.717) is 23.2 Å². The SMILES string of the molecule is C=C1C=C(NCC(CC)C(C)C(C)(C)C)CC(c2ccccc2)C1. The molecular formula is C23H35N. The first-order valence-electron chi connectivity index (χ1n) is 9.48. The molecule has 0 radical (unpaired) electrons. The van der Waals surface area contributed by atoms with E-state index in [2.05, 4.69) is 82.9 Å². The lowest BCUT2D eigenvalue weighted by molar-refractivity contribution is 0.171. The molecule has 0 saturated carbocycles. The topological polar surface area (TPSA) is 12.0 Å². The largest absolute Gasteiger partial charge is 0.388 e. The van der Waals surface area contributed by atoms with Crippen LogP contribution in [0.15, 0.2) is 54.3 Å². The van der Waals surface area contributed by atoms with Gasteiger partial charge in [-0.05, 0) is 47.6 Å². The zero-order valence-corrected chi connectivity index (χ0v) is 16.2. The van der Waals surface area contributed by atoms with Gasteiger partial charge in [0, 0.05) is 12.2 Å². The number of benzene rings is 1. The maximum atomic E-state index is 4.25. The van der Waals surface area contributed by atoms with E-state index < -0.39 is 0 Å². The molecule has 0 saturated heterocycles. The monoisotopic (exact) mass is 325 g/mol. The Bertz CT molecular complexity index is 561. The highest BCUT2D eigenvalue weighted by Gasteiger charge is 2.27. The molecule has 132 valence electrons. The molecule has 1 aliphatic rings. The molecule has 0 fully saturated rings. The lowest BCUT2D eigenvalue weighted by Crippen LogP contribution is -2.33. The Morgan fingerprint density at radius 3 is 2.42 bits per heavy atom. The van der Waals surface area contributed by atoms with Crippen molar-refractivity contribution in [3.8, 4) is 0 Å². The molecule has 0 bridgehead atoms. The molecule has 0 amide bonds.